The van der Waals surface area contributed by atoms with E-state index in [1.807, 2.05) is 18.2 Å². The first-order valence-electron chi connectivity index (χ1n) is 7.53. The summed E-state index contributed by atoms with van der Waals surface area (Å²) in [6, 6.07) is 8.66. The van der Waals surface area contributed by atoms with Crippen LogP contribution in [-0.4, -0.2) is 60.4 Å². The summed E-state index contributed by atoms with van der Waals surface area (Å²) in [5.74, 6) is -0.174. The summed E-state index contributed by atoms with van der Waals surface area (Å²) >= 11 is 0. The molecule has 0 saturated carbocycles. The number of benzene rings is 1. The van der Waals surface area contributed by atoms with Crippen molar-refractivity contribution >= 4 is 5.91 Å². The van der Waals surface area contributed by atoms with Crippen LogP contribution >= 0.6 is 0 Å². The smallest absolute Gasteiger partial charge is 0.251 e. The molecule has 0 aliphatic carbocycles. The lowest BCUT2D eigenvalue weighted by molar-refractivity contribution is 0.0171. The number of amides is 1. The highest BCUT2D eigenvalue weighted by Crippen LogP contribution is 2.16. The molecule has 1 unspecified atom stereocenters. The molecule has 1 amide bonds. The van der Waals surface area contributed by atoms with Crippen LogP contribution < -0.4 is 5.32 Å². The van der Waals surface area contributed by atoms with Gasteiger partial charge >= 0.3 is 0 Å². The monoisotopic (exact) mass is 292 g/mol. The second-order valence-corrected chi connectivity index (χ2v) is 5.29. The molecule has 1 saturated heterocycles. The van der Waals surface area contributed by atoms with Gasteiger partial charge in [-0.3, -0.25) is 4.79 Å². The topological polar surface area (TPSA) is 61.8 Å². The molecule has 2 rings (SSSR count). The maximum atomic E-state index is 12.1. The van der Waals surface area contributed by atoms with Gasteiger partial charge in [-0.25, -0.2) is 0 Å². The molecule has 5 heteroatoms. The number of hydrogen-bond acceptors (Lipinski definition) is 4. The maximum Gasteiger partial charge on any atom is 0.251 e. The van der Waals surface area contributed by atoms with Crippen molar-refractivity contribution in [3.8, 4) is 0 Å². The van der Waals surface area contributed by atoms with E-state index in [2.05, 4.69) is 24.1 Å². The minimum absolute atomic E-state index is 0.174. The molecule has 1 aromatic rings. The number of aliphatic hydroxyl groups excluding tert-OH is 1. The third kappa shape index (κ3) is 4.03. The highest BCUT2D eigenvalue weighted by Gasteiger charge is 2.37. The summed E-state index contributed by atoms with van der Waals surface area (Å²) in [6.07, 6.45) is -0.913. The van der Waals surface area contributed by atoms with Crippen LogP contribution in [0.25, 0.3) is 0 Å². The first-order valence-corrected chi connectivity index (χ1v) is 7.53. The molecule has 2 N–H and O–H groups in total. The van der Waals surface area contributed by atoms with Gasteiger partial charge in [0.25, 0.3) is 5.91 Å². The van der Waals surface area contributed by atoms with Gasteiger partial charge in [-0.05, 0) is 25.2 Å². The van der Waals surface area contributed by atoms with E-state index in [0.717, 1.165) is 13.1 Å². The van der Waals surface area contributed by atoms with Gasteiger partial charge < -0.3 is 20.1 Å². The summed E-state index contributed by atoms with van der Waals surface area (Å²) in [5.41, 5.74) is 0.594. The van der Waals surface area contributed by atoms with Crippen molar-refractivity contribution in [2.45, 2.75) is 32.1 Å². The number of carbonyl (C=O) groups excluding carboxylic acids is 1. The normalized spacial score (nSPS) is 25.2. The van der Waals surface area contributed by atoms with Gasteiger partial charge in [0.05, 0.1) is 18.8 Å². The van der Waals surface area contributed by atoms with Crippen LogP contribution in [-0.2, 0) is 4.74 Å². The van der Waals surface area contributed by atoms with Crippen LogP contribution in [0.4, 0.5) is 0 Å². The predicted octanol–water partition coefficient (Wildman–Crippen LogP) is 0.886. The quantitative estimate of drug-likeness (QED) is 0.817. The molecule has 3 atom stereocenters. The van der Waals surface area contributed by atoms with Gasteiger partial charge in [-0.1, -0.05) is 32.0 Å². The highest BCUT2D eigenvalue weighted by molar-refractivity contribution is 5.94. The SMILES string of the molecule is CCN(CC)C[C@@H]1OCC(NC(=O)c2ccccc2)[C@H]1O. The lowest BCUT2D eigenvalue weighted by Gasteiger charge is -2.24. The van der Waals surface area contributed by atoms with E-state index in [4.69, 9.17) is 4.74 Å². The first kappa shape index (κ1) is 15.9. The van der Waals surface area contributed by atoms with Gasteiger partial charge in [0, 0.05) is 12.1 Å². The summed E-state index contributed by atoms with van der Waals surface area (Å²) in [4.78, 5) is 14.3. The second-order valence-electron chi connectivity index (χ2n) is 5.29. The average Bonchev–Trinajstić information content (AvgIpc) is 2.86. The van der Waals surface area contributed by atoms with E-state index in [-0.39, 0.29) is 18.1 Å². The molecule has 116 valence electrons. The van der Waals surface area contributed by atoms with E-state index in [0.29, 0.717) is 18.7 Å². The van der Waals surface area contributed by atoms with E-state index in [9.17, 15) is 9.90 Å². The maximum absolute atomic E-state index is 12.1. The zero-order chi connectivity index (χ0) is 15.2. The van der Waals surface area contributed by atoms with Gasteiger partial charge in [-0.15, -0.1) is 0 Å². The van der Waals surface area contributed by atoms with Crippen LogP contribution in [0.3, 0.4) is 0 Å². The van der Waals surface area contributed by atoms with Crippen molar-refractivity contribution in [3.63, 3.8) is 0 Å². The summed E-state index contributed by atoms with van der Waals surface area (Å²) in [7, 11) is 0. The third-order valence-corrected chi connectivity index (χ3v) is 3.97. The molecule has 21 heavy (non-hydrogen) atoms. The van der Waals surface area contributed by atoms with Crippen LogP contribution in [0.15, 0.2) is 30.3 Å². The van der Waals surface area contributed by atoms with Crippen LogP contribution in [0.2, 0.25) is 0 Å². The second kappa shape index (κ2) is 7.54. The van der Waals surface area contributed by atoms with Crippen LogP contribution in [0.1, 0.15) is 24.2 Å². The Morgan fingerprint density at radius 3 is 2.62 bits per heavy atom. The Morgan fingerprint density at radius 2 is 2.00 bits per heavy atom. The molecule has 1 fully saturated rings. The number of nitrogens with zero attached hydrogens (tertiary/aromatic N) is 1. The molecule has 5 nitrogen and oxygen atoms in total. The Bertz CT molecular complexity index is 448. The van der Waals surface area contributed by atoms with Crippen molar-refractivity contribution in [1.29, 1.82) is 0 Å². The molecule has 0 radical (unpaired) electrons. The molecule has 1 aliphatic rings. The molecular formula is C16H24N2O3. The molecule has 0 aromatic heterocycles. The zero-order valence-corrected chi connectivity index (χ0v) is 12.7. The Morgan fingerprint density at radius 1 is 1.33 bits per heavy atom. The number of carbonyl (C=O) groups is 1. The summed E-state index contributed by atoms with van der Waals surface area (Å²) in [6.45, 7) is 7.05. The highest BCUT2D eigenvalue weighted by atomic mass is 16.5. The third-order valence-electron chi connectivity index (χ3n) is 3.97. The largest absolute Gasteiger partial charge is 0.388 e. The van der Waals surface area contributed by atoms with E-state index >= 15 is 0 Å². The number of aliphatic hydroxyl groups is 1. The fraction of sp³-hybridized carbons (Fsp3) is 0.562. The van der Waals surface area contributed by atoms with E-state index < -0.39 is 6.10 Å². The number of likely N-dealkylation sites (N-methyl/N-ethyl adjacent to an activating group) is 1. The Balaban J connectivity index is 1.90. The number of rotatable bonds is 6. The lowest BCUT2D eigenvalue weighted by Crippen LogP contribution is -2.46. The summed E-state index contributed by atoms with van der Waals surface area (Å²) < 4.78 is 5.64. The lowest BCUT2D eigenvalue weighted by atomic mass is 10.1. The Kier molecular flexibility index (Phi) is 5.73. The Hall–Kier alpha value is -1.43. The molecular weight excluding hydrogens is 268 g/mol. The van der Waals surface area contributed by atoms with E-state index in [1.54, 1.807) is 12.1 Å². The molecule has 1 aliphatic heterocycles. The van der Waals surface area contributed by atoms with Crippen molar-refractivity contribution < 1.29 is 14.6 Å². The molecule has 1 heterocycles. The Labute approximate surface area is 125 Å². The fourth-order valence-electron chi connectivity index (χ4n) is 2.55. The van der Waals surface area contributed by atoms with Crippen molar-refractivity contribution in [2.24, 2.45) is 0 Å². The number of ether oxygens (including phenoxy) is 1. The van der Waals surface area contributed by atoms with Crippen molar-refractivity contribution in [3.05, 3.63) is 35.9 Å². The fourth-order valence-corrected chi connectivity index (χ4v) is 2.55. The molecule has 0 bridgehead atoms. The zero-order valence-electron chi connectivity index (χ0n) is 12.7. The van der Waals surface area contributed by atoms with Gasteiger partial charge in [0.1, 0.15) is 6.10 Å². The van der Waals surface area contributed by atoms with Gasteiger partial charge in [-0.2, -0.15) is 0 Å². The van der Waals surface area contributed by atoms with E-state index in [1.165, 1.54) is 0 Å². The summed E-state index contributed by atoms with van der Waals surface area (Å²) in [5, 5.41) is 13.2. The van der Waals surface area contributed by atoms with Gasteiger partial charge in [0.2, 0.25) is 0 Å². The minimum atomic E-state index is -0.668. The van der Waals surface area contributed by atoms with Crippen molar-refractivity contribution in [2.75, 3.05) is 26.2 Å². The minimum Gasteiger partial charge on any atom is -0.388 e. The number of hydrogen-bond donors (Lipinski definition) is 2. The predicted molar refractivity (Wildman–Crippen MR) is 81.2 cm³/mol. The van der Waals surface area contributed by atoms with Crippen molar-refractivity contribution in [1.82, 2.24) is 10.2 Å². The van der Waals surface area contributed by atoms with Gasteiger partial charge in [0.15, 0.2) is 0 Å². The average molecular weight is 292 g/mol. The van der Waals surface area contributed by atoms with Crippen LogP contribution in [0.5, 0.6) is 0 Å². The number of nitrogens with one attached hydrogen (secondary N) is 1. The molecule has 0 spiro atoms. The first-order chi connectivity index (χ1) is 10.2. The standard InChI is InChI=1S/C16H24N2O3/c1-3-18(4-2)10-14-15(19)13(11-21-14)17-16(20)12-8-6-5-7-9-12/h5-9,13-15,19H,3-4,10-11H2,1-2H3,(H,17,20)/t13?,14-,15+/m0/s1. The molecule has 1 aromatic carbocycles. The van der Waals surface area contributed by atoms with Crippen LogP contribution in [0, 0.1) is 0 Å².